The summed E-state index contributed by atoms with van der Waals surface area (Å²) in [5, 5.41) is 4.14. The second-order valence-corrected chi connectivity index (χ2v) is 9.77. The van der Waals surface area contributed by atoms with Crippen LogP contribution in [0.1, 0.15) is 56.9 Å². The molecule has 1 amide bonds. The quantitative estimate of drug-likeness (QED) is 0.695. The zero-order valence-corrected chi connectivity index (χ0v) is 19.1. The van der Waals surface area contributed by atoms with E-state index in [4.69, 9.17) is 11.6 Å². The van der Waals surface area contributed by atoms with Gasteiger partial charge in [0.2, 0.25) is 5.91 Å². The average molecular weight is 430 g/mol. The van der Waals surface area contributed by atoms with E-state index < -0.39 is 0 Å². The first-order valence-electron chi connectivity index (χ1n) is 11.8. The zero-order valence-electron chi connectivity index (χ0n) is 18.3. The van der Waals surface area contributed by atoms with Crippen molar-refractivity contribution in [2.75, 3.05) is 37.6 Å². The van der Waals surface area contributed by atoms with Gasteiger partial charge in [-0.25, -0.2) is 0 Å². The fourth-order valence-electron chi connectivity index (χ4n) is 5.12. The number of nitrogens with zero attached hydrogens (tertiary/aromatic N) is 2. The number of carbonyl (C=O) groups is 1. The average Bonchev–Trinajstić information content (AvgIpc) is 3.31. The van der Waals surface area contributed by atoms with Crippen LogP contribution in [0.2, 0.25) is 5.02 Å². The van der Waals surface area contributed by atoms with Gasteiger partial charge in [-0.15, -0.1) is 0 Å². The van der Waals surface area contributed by atoms with Gasteiger partial charge in [0.25, 0.3) is 0 Å². The number of aryl methyl sites for hydroxylation is 1. The molecule has 1 heterocycles. The number of amides is 1. The fourth-order valence-corrected chi connectivity index (χ4v) is 5.30. The Morgan fingerprint density at radius 2 is 1.90 bits per heavy atom. The second kappa shape index (κ2) is 10.2. The smallest absolute Gasteiger partial charge is 0.247 e. The SMILES string of the molecule is Cc1ccc(N2CCN(CCC3CCC(NC(=O)C4=CCCC4)CC3)CC2)cc1Cl. The van der Waals surface area contributed by atoms with Gasteiger partial charge in [0.15, 0.2) is 0 Å². The van der Waals surface area contributed by atoms with Crippen LogP contribution in [-0.4, -0.2) is 49.6 Å². The van der Waals surface area contributed by atoms with Crippen molar-refractivity contribution in [2.24, 2.45) is 5.92 Å². The molecule has 0 bridgehead atoms. The number of hydrogen-bond donors (Lipinski definition) is 1. The van der Waals surface area contributed by atoms with E-state index in [-0.39, 0.29) is 5.91 Å². The van der Waals surface area contributed by atoms with Gasteiger partial charge in [0.1, 0.15) is 0 Å². The lowest BCUT2D eigenvalue weighted by atomic mass is 9.84. The third-order valence-electron chi connectivity index (χ3n) is 7.26. The first-order chi connectivity index (χ1) is 14.6. The summed E-state index contributed by atoms with van der Waals surface area (Å²) in [5.74, 6) is 1.02. The van der Waals surface area contributed by atoms with Crippen LogP contribution in [-0.2, 0) is 4.79 Å². The van der Waals surface area contributed by atoms with Crippen LogP contribution in [0.15, 0.2) is 29.8 Å². The largest absolute Gasteiger partial charge is 0.369 e. The molecule has 1 saturated heterocycles. The number of carbonyl (C=O) groups excluding carboxylic acids is 1. The summed E-state index contributed by atoms with van der Waals surface area (Å²) < 4.78 is 0. The van der Waals surface area contributed by atoms with Crippen LogP contribution in [0.25, 0.3) is 0 Å². The van der Waals surface area contributed by atoms with E-state index in [1.165, 1.54) is 31.5 Å². The highest BCUT2D eigenvalue weighted by atomic mass is 35.5. The summed E-state index contributed by atoms with van der Waals surface area (Å²) in [4.78, 5) is 17.4. The van der Waals surface area contributed by atoms with E-state index in [0.29, 0.717) is 6.04 Å². The number of piperazine rings is 1. The maximum absolute atomic E-state index is 12.3. The molecule has 4 rings (SSSR count). The van der Waals surface area contributed by atoms with Gasteiger partial charge in [0.05, 0.1) is 0 Å². The number of allylic oxidation sites excluding steroid dienone is 1. The van der Waals surface area contributed by atoms with Crippen molar-refractivity contribution in [3.8, 4) is 0 Å². The molecule has 1 aromatic rings. The van der Waals surface area contributed by atoms with Gasteiger partial charge >= 0.3 is 0 Å². The molecule has 1 N–H and O–H groups in total. The van der Waals surface area contributed by atoms with Crippen molar-refractivity contribution in [3.63, 3.8) is 0 Å². The van der Waals surface area contributed by atoms with Crippen molar-refractivity contribution in [1.82, 2.24) is 10.2 Å². The van der Waals surface area contributed by atoms with Gasteiger partial charge < -0.3 is 10.2 Å². The molecule has 1 aromatic carbocycles. The highest BCUT2D eigenvalue weighted by Gasteiger charge is 2.25. The second-order valence-electron chi connectivity index (χ2n) is 9.36. The Labute approximate surface area is 186 Å². The Bertz CT molecular complexity index is 762. The molecule has 164 valence electrons. The molecule has 1 saturated carbocycles. The van der Waals surface area contributed by atoms with Crippen LogP contribution in [0, 0.1) is 12.8 Å². The van der Waals surface area contributed by atoms with Crippen LogP contribution < -0.4 is 10.2 Å². The Kier molecular flexibility index (Phi) is 7.37. The Morgan fingerprint density at radius 1 is 1.13 bits per heavy atom. The molecule has 0 atom stereocenters. The number of hydrogen-bond acceptors (Lipinski definition) is 3. The first-order valence-corrected chi connectivity index (χ1v) is 12.2. The summed E-state index contributed by atoms with van der Waals surface area (Å²) in [6.07, 6.45) is 11.4. The van der Waals surface area contributed by atoms with E-state index in [1.54, 1.807) is 0 Å². The summed E-state index contributed by atoms with van der Waals surface area (Å²) in [6.45, 7) is 7.68. The third kappa shape index (κ3) is 5.59. The zero-order chi connectivity index (χ0) is 20.9. The van der Waals surface area contributed by atoms with E-state index in [9.17, 15) is 4.79 Å². The van der Waals surface area contributed by atoms with Crippen LogP contribution in [0.4, 0.5) is 5.69 Å². The molecule has 30 heavy (non-hydrogen) atoms. The van der Waals surface area contributed by atoms with E-state index in [1.807, 2.05) is 0 Å². The highest BCUT2D eigenvalue weighted by Crippen LogP contribution is 2.29. The standard InChI is InChI=1S/C25H36ClN3O/c1-19-6-11-23(18-24(19)26)29-16-14-28(15-17-29)13-12-20-7-9-22(10-8-20)27-25(30)21-4-2-3-5-21/h4,6,11,18,20,22H,2-3,5,7-10,12-17H2,1H3,(H,27,30). The summed E-state index contributed by atoms with van der Waals surface area (Å²) in [5.41, 5.74) is 3.41. The van der Waals surface area contributed by atoms with Crippen molar-refractivity contribution in [1.29, 1.82) is 0 Å². The highest BCUT2D eigenvalue weighted by molar-refractivity contribution is 6.31. The Morgan fingerprint density at radius 3 is 2.57 bits per heavy atom. The predicted octanol–water partition coefficient (Wildman–Crippen LogP) is 4.95. The maximum atomic E-state index is 12.3. The predicted molar refractivity (Wildman–Crippen MR) is 125 cm³/mol. The third-order valence-corrected chi connectivity index (χ3v) is 7.67. The first kappa shape index (κ1) is 21.7. The maximum Gasteiger partial charge on any atom is 0.247 e. The lowest BCUT2D eigenvalue weighted by Gasteiger charge is -2.37. The van der Waals surface area contributed by atoms with E-state index >= 15 is 0 Å². The fraction of sp³-hybridized carbons (Fsp3) is 0.640. The lowest BCUT2D eigenvalue weighted by Crippen LogP contribution is -2.47. The van der Waals surface area contributed by atoms with Gasteiger partial charge in [0, 0.05) is 48.5 Å². The molecule has 2 aliphatic carbocycles. The topological polar surface area (TPSA) is 35.6 Å². The molecular weight excluding hydrogens is 394 g/mol. The molecule has 4 nitrogen and oxygen atoms in total. The number of anilines is 1. The molecule has 0 radical (unpaired) electrons. The number of halogens is 1. The number of benzene rings is 1. The lowest BCUT2D eigenvalue weighted by molar-refractivity contribution is -0.118. The summed E-state index contributed by atoms with van der Waals surface area (Å²) in [6, 6.07) is 6.80. The van der Waals surface area contributed by atoms with Crippen LogP contribution >= 0.6 is 11.6 Å². The van der Waals surface area contributed by atoms with Crippen LogP contribution in [0.3, 0.4) is 0 Å². The van der Waals surface area contributed by atoms with E-state index in [0.717, 1.165) is 80.4 Å². The number of nitrogens with one attached hydrogen (secondary N) is 1. The monoisotopic (exact) mass is 429 g/mol. The van der Waals surface area contributed by atoms with Crippen molar-refractivity contribution in [3.05, 3.63) is 40.4 Å². The molecule has 1 aliphatic heterocycles. The van der Waals surface area contributed by atoms with Gasteiger partial charge in [-0.2, -0.15) is 0 Å². The van der Waals surface area contributed by atoms with Crippen molar-refractivity contribution >= 4 is 23.2 Å². The molecular formula is C25H36ClN3O. The van der Waals surface area contributed by atoms with Gasteiger partial charge in [-0.3, -0.25) is 9.69 Å². The Balaban J connectivity index is 1.13. The van der Waals surface area contributed by atoms with Gasteiger partial charge in [-0.05, 0) is 88.4 Å². The molecule has 0 unspecified atom stereocenters. The van der Waals surface area contributed by atoms with Crippen molar-refractivity contribution < 1.29 is 4.79 Å². The number of rotatable bonds is 6. The summed E-state index contributed by atoms with van der Waals surface area (Å²) in [7, 11) is 0. The molecule has 0 spiro atoms. The van der Waals surface area contributed by atoms with Crippen molar-refractivity contribution in [2.45, 2.75) is 64.3 Å². The normalized spacial score (nSPS) is 25.3. The summed E-state index contributed by atoms with van der Waals surface area (Å²) >= 11 is 6.31. The minimum Gasteiger partial charge on any atom is -0.369 e. The molecule has 5 heteroatoms. The minimum atomic E-state index is 0.198. The van der Waals surface area contributed by atoms with E-state index in [2.05, 4.69) is 46.3 Å². The molecule has 0 aromatic heterocycles. The molecule has 3 aliphatic rings. The van der Waals surface area contributed by atoms with Gasteiger partial charge in [-0.1, -0.05) is 23.7 Å². The minimum absolute atomic E-state index is 0.198. The molecule has 2 fully saturated rings. The van der Waals surface area contributed by atoms with Crippen LogP contribution in [0.5, 0.6) is 0 Å². The Hall–Kier alpha value is -1.52.